The van der Waals surface area contributed by atoms with Gasteiger partial charge in [-0.3, -0.25) is 9.48 Å². The molecule has 0 N–H and O–H groups in total. The molecule has 0 fully saturated rings. The zero-order chi connectivity index (χ0) is 21.5. The van der Waals surface area contributed by atoms with Crippen molar-refractivity contribution in [2.45, 2.75) is 30.6 Å². The zero-order valence-corrected chi connectivity index (χ0v) is 19.0. The fourth-order valence-electron chi connectivity index (χ4n) is 3.68. The van der Waals surface area contributed by atoms with E-state index in [1.807, 2.05) is 37.4 Å². The molecule has 0 spiro atoms. The molecule has 30 heavy (non-hydrogen) atoms. The molecular formula is C20H21ClN4O3S2. The Labute approximate surface area is 184 Å². The summed E-state index contributed by atoms with van der Waals surface area (Å²) in [5.41, 5.74) is 3.34. The van der Waals surface area contributed by atoms with Crippen molar-refractivity contribution in [1.82, 2.24) is 14.1 Å². The molecule has 3 aromatic rings. The maximum atomic E-state index is 13.1. The molecule has 0 aliphatic carbocycles. The third-order valence-corrected chi connectivity index (χ3v) is 8.73. The summed E-state index contributed by atoms with van der Waals surface area (Å²) in [6.07, 6.45) is 0.558. The molecule has 1 aliphatic heterocycles. The molecule has 4 rings (SSSR count). The molecule has 3 heterocycles. The maximum absolute atomic E-state index is 13.1. The molecule has 7 nitrogen and oxygen atoms in total. The number of nitrogens with zero attached hydrogens (tertiary/aromatic N) is 4. The van der Waals surface area contributed by atoms with Crippen LogP contribution in [0.15, 0.2) is 46.7 Å². The monoisotopic (exact) mass is 464 g/mol. The molecule has 0 atom stereocenters. The average molecular weight is 465 g/mol. The van der Waals surface area contributed by atoms with Crippen LogP contribution in [-0.4, -0.2) is 35.0 Å². The van der Waals surface area contributed by atoms with E-state index in [0.717, 1.165) is 28.3 Å². The fourth-order valence-corrected chi connectivity index (χ4v) is 6.73. The molecule has 1 amide bonds. The number of rotatable bonds is 5. The van der Waals surface area contributed by atoms with Crippen molar-refractivity contribution < 1.29 is 13.2 Å². The van der Waals surface area contributed by atoms with Gasteiger partial charge in [-0.15, -0.1) is 11.3 Å². The normalized spacial score (nSPS) is 14.5. The quantitative estimate of drug-likeness (QED) is 0.579. The Kier molecular flexibility index (Phi) is 5.71. The van der Waals surface area contributed by atoms with Gasteiger partial charge in [0.15, 0.2) is 0 Å². The number of hydrogen-bond donors (Lipinski definition) is 0. The summed E-state index contributed by atoms with van der Waals surface area (Å²) in [7, 11) is -1.79. The number of carbonyl (C=O) groups is 1. The Hall–Kier alpha value is -2.20. The van der Waals surface area contributed by atoms with E-state index >= 15 is 0 Å². The van der Waals surface area contributed by atoms with Crippen LogP contribution in [0.25, 0.3) is 0 Å². The smallest absolute Gasteiger partial charge is 0.252 e. The van der Waals surface area contributed by atoms with Crippen molar-refractivity contribution in [3.05, 3.63) is 63.8 Å². The van der Waals surface area contributed by atoms with Crippen molar-refractivity contribution in [3.8, 4) is 0 Å². The van der Waals surface area contributed by atoms with Gasteiger partial charge in [0.25, 0.3) is 10.0 Å². The second kappa shape index (κ2) is 8.14. The van der Waals surface area contributed by atoms with Crippen molar-refractivity contribution in [2.75, 3.05) is 11.4 Å². The van der Waals surface area contributed by atoms with E-state index in [0.29, 0.717) is 23.0 Å². The highest BCUT2D eigenvalue weighted by Gasteiger charge is 2.33. The number of sulfonamides is 1. The predicted molar refractivity (Wildman–Crippen MR) is 117 cm³/mol. The molecule has 1 aromatic carbocycles. The number of halogens is 1. The van der Waals surface area contributed by atoms with E-state index in [2.05, 4.69) is 5.10 Å². The first-order chi connectivity index (χ1) is 14.3. The Morgan fingerprint density at radius 1 is 1.23 bits per heavy atom. The summed E-state index contributed by atoms with van der Waals surface area (Å²) in [4.78, 5) is 14.0. The number of anilines is 1. The topological polar surface area (TPSA) is 75.5 Å². The second-order valence-corrected chi connectivity index (χ2v) is 11.0. The van der Waals surface area contributed by atoms with Crippen LogP contribution in [0.5, 0.6) is 0 Å². The minimum absolute atomic E-state index is 0.103. The highest BCUT2D eigenvalue weighted by Crippen LogP contribution is 2.32. The minimum Gasteiger partial charge on any atom is -0.307 e. The number of hydrogen-bond acceptors (Lipinski definition) is 5. The highest BCUT2D eigenvalue weighted by atomic mass is 35.5. The van der Waals surface area contributed by atoms with Crippen LogP contribution in [0.2, 0.25) is 4.34 Å². The lowest BCUT2D eigenvalue weighted by Gasteiger charge is -2.27. The number of carbonyl (C=O) groups excluding carboxylic acids is 1. The highest BCUT2D eigenvalue weighted by molar-refractivity contribution is 7.91. The Balaban J connectivity index is 1.66. The number of aryl methyl sites for hydroxylation is 1. The van der Waals surface area contributed by atoms with Crippen LogP contribution in [0.4, 0.5) is 5.69 Å². The molecule has 158 valence electrons. The van der Waals surface area contributed by atoms with Crippen LogP contribution in [0.1, 0.15) is 23.9 Å². The third kappa shape index (κ3) is 3.90. The van der Waals surface area contributed by atoms with Gasteiger partial charge < -0.3 is 4.90 Å². The van der Waals surface area contributed by atoms with Crippen molar-refractivity contribution in [1.29, 1.82) is 0 Å². The van der Waals surface area contributed by atoms with Gasteiger partial charge in [-0.05, 0) is 24.3 Å². The van der Waals surface area contributed by atoms with Crippen LogP contribution in [0, 0.1) is 0 Å². The van der Waals surface area contributed by atoms with Crippen molar-refractivity contribution >= 4 is 44.6 Å². The number of thiophene rings is 1. The largest absolute Gasteiger partial charge is 0.307 e. The number of benzene rings is 1. The van der Waals surface area contributed by atoms with Gasteiger partial charge in [0.05, 0.1) is 16.6 Å². The van der Waals surface area contributed by atoms with Gasteiger partial charge in [0, 0.05) is 50.4 Å². The molecule has 0 radical (unpaired) electrons. The SMILES string of the molecule is CC(=O)N(Cc1nn(C)c2c1CN(S(=O)(=O)c1ccc(Cl)s1)CC2)c1ccccc1. The van der Waals surface area contributed by atoms with Gasteiger partial charge in [0.2, 0.25) is 5.91 Å². The molecule has 0 unspecified atom stereocenters. The average Bonchev–Trinajstić information content (AvgIpc) is 3.30. The van der Waals surface area contributed by atoms with E-state index in [1.54, 1.807) is 15.6 Å². The summed E-state index contributed by atoms with van der Waals surface area (Å²) in [5, 5.41) is 4.62. The van der Waals surface area contributed by atoms with Crippen LogP contribution < -0.4 is 4.90 Å². The summed E-state index contributed by atoms with van der Waals surface area (Å²) < 4.78 is 30.1. The zero-order valence-electron chi connectivity index (χ0n) is 16.6. The lowest BCUT2D eigenvalue weighted by Crippen LogP contribution is -2.36. The van der Waals surface area contributed by atoms with E-state index in [9.17, 15) is 13.2 Å². The second-order valence-electron chi connectivity index (χ2n) is 7.08. The number of amides is 1. The number of aromatic nitrogens is 2. The van der Waals surface area contributed by atoms with Crippen LogP contribution >= 0.6 is 22.9 Å². The Morgan fingerprint density at radius 2 is 1.97 bits per heavy atom. The van der Waals surface area contributed by atoms with E-state index < -0.39 is 10.0 Å². The first-order valence-corrected chi connectivity index (χ1v) is 12.0. The number of fused-ring (bicyclic) bond motifs is 1. The standard InChI is InChI=1S/C20H21ClN4O3S2/c1-14(26)25(15-6-4-3-5-7-15)13-17-16-12-24(11-10-18(16)23(2)22-17)30(27,28)20-9-8-19(21)29-20/h3-9H,10-13H2,1-2H3. The van der Waals surface area contributed by atoms with Gasteiger partial charge >= 0.3 is 0 Å². The first kappa shape index (κ1) is 21.0. The third-order valence-electron chi connectivity index (χ3n) is 5.19. The molecule has 0 saturated heterocycles. The van der Waals surface area contributed by atoms with Gasteiger partial charge in [-0.2, -0.15) is 9.40 Å². The summed E-state index contributed by atoms with van der Waals surface area (Å²) in [6, 6.07) is 12.5. The van der Waals surface area contributed by atoms with E-state index in [-0.39, 0.29) is 23.2 Å². The van der Waals surface area contributed by atoms with E-state index in [1.165, 1.54) is 17.3 Å². The fraction of sp³-hybridized carbons (Fsp3) is 0.300. The minimum atomic E-state index is -3.64. The maximum Gasteiger partial charge on any atom is 0.252 e. The van der Waals surface area contributed by atoms with Crippen LogP contribution in [0.3, 0.4) is 0 Å². The van der Waals surface area contributed by atoms with Gasteiger partial charge in [0.1, 0.15) is 4.21 Å². The lowest BCUT2D eigenvalue weighted by molar-refractivity contribution is -0.116. The molecular weight excluding hydrogens is 444 g/mol. The first-order valence-electron chi connectivity index (χ1n) is 9.39. The molecule has 0 bridgehead atoms. The lowest BCUT2D eigenvalue weighted by atomic mass is 10.1. The summed E-state index contributed by atoms with van der Waals surface area (Å²) in [6.45, 7) is 2.39. The predicted octanol–water partition coefficient (Wildman–Crippen LogP) is 3.44. The Bertz CT molecular complexity index is 1190. The summed E-state index contributed by atoms with van der Waals surface area (Å²) >= 11 is 7.00. The number of para-hydroxylation sites is 1. The molecule has 2 aromatic heterocycles. The van der Waals surface area contributed by atoms with Gasteiger partial charge in [-0.25, -0.2) is 8.42 Å². The van der Waals surface area contributed by atoms with Crippen LogP contribution in [-0.2, 0) is 41.4 Å². The molecule has 0 saturated carbocycles. The van der Waals surface area contributed by atoms with E-state index in [4.69, 9.17) is 11.6 Å². The molecule has 1 aliphatic rings. The van der Waals surface area contributed by atoms with Gasteiger partial charge in [-0.1, -0.05) is 29.8 Å². The van der Waals surface area contributed by atoms with Crippen molar-refractivity contribution in [3.63, 3.8) is 0 Å². The molecule has 10 heteroatoms. The Morgan fingerprint density at radius 3 is 2.60 bits per heavy atom. The van der Waals surface area contributed by atoms with Crippen molar-refractivity contribution in [2.24, 2.45) is 7.05 Å². The summed E-state index contributed by atoms with van der Waals surface area (Å²) in [5.74, 6) is -0.103.